The Morgan fingerprint density at radius 3 is 2.36 bits per heavy atom. The van der Waals surface area contributed by atoms with Crippen LogP contribution in [-0.2, 0) is 9.59 Å². The predicted molar refractivity (Wildman–Crippen MR) is 112 cm³/mol. The zero-order valence-electron chi connectivity index (χ0n) is 16.1. The van der Waals surface area contributed by atoms with Crippen LogP contribution in [0.3, 0.4) is 0 Å². The molecule has 2 amide bonds. The Bertz CT molecular complexity index is 828. The highest BCUT2D eigenvalue weighted by Gasteiger charge is 2.07. The van der Waals surface area contributed by atoms with Crippen LogP contribution in [0.15, 0.2) is 65.8 Å². The van der Waals surface area contributed by atoms with Gasteiger partial charge in [-0.1, -0.05) is 36.4 Å². The quantitative estimate of drug-likeness (QED) is 0.510. The molecule has 0 fully saturated rings. The molecule has 2 aromatic rings. The van der Waals surface area contributed by atoms with Crippen LogP contribution < -0.4 is 15.5 Å². The monoisotopic (exact) mass is 379 g/mol. The minimum absolute atomic E-state index is 0.0576. The third kappa shape index (κ3) is 7.86. The molecule has 0 aliphatic carbocycles. The smallest absolute Gasteiger partial charge is 0.240 e. The van der Waals surface area contributed by atoms with Crippen molar-refractivity contribution in [3.05, 3.63) is 66.2 Å². The first kappa shape index (κ1) is 20.9. The topological polar surface area (TPSA) is 79.8 Å². The van der Waals surface area contributed by atoms with Gasteiger partial charge in [-0.25, -0.2) is 5.43 Å². The van der Waals surface area contributed by atoms with Crippen LogP contribution in [0.1, 0.15) is 32.3 Å². The number of hydrogen-bond donors (Lipinski definition) is 2. The fraction of sp³-hybridized carbons (Fsp3) is 0.227. The third-order valence-corrected chi connectivity index (χ3v) is 3.70. The normalized spacial score (nSPS) is 11.3. The van der Waals surface area contributed by atoms with E-state index in [2.05, 4.69) is 15.8 Å². The Hall–Kier alpha value is -3.41. The standard InChI is InChI=1S/C22H25N3O3/c1-3-28-20-13-11-19(12-14-20)23-21(26)15-16-22(27)25-24-17(2)9-10-18-7-5-4-6-8-18/h4-14H,3,15-16H2,1-2H3,(H,23,26)(H,25,27). The van der Waals surface area contributed by atoms with Crippen molar-refractivity contribution in [2.45, 2.75) is 26.7 Å². The molecule has 0 bridgehead atoms. The predicted octanol–water partition coefficient (Wildman–Crippen LogP) is 4.01. The molecule has 0 aliphatic rings. The van der Waals surface area contributed by atoms with Gasteiger partial charge in [0, 0.05) is 18.5 Å². The maximum absolute atomic E-state index is 12.0. The number of amides is 2. The van der Waals surface area contributed by atoms with E-state index >= 15 is 0 Å². The first-order chi connectivity index (χ1) is 13.6. The van der Waals surface area contributed by atoms with Gasteiger partial charge in [0.1, 0.15) is 5.75 Å². The Morgan fingerprint density at radius 2 is 1.68 bits per heavy atom. The molecular formula is C22H25N3O3. The Kier molecular flexibility index (Phi) is 8.46. The highest BCUT2D eigenvalue weighted by molar-refractivity contribution is 5.97. The van der Waals surface area contributed by atoms with Gasteiger partial charge in [0.2, 0.25) is 11.8 Å². The largest absolute Gasteiger partial charge is 0.494 e. The molecular weight excluding hydrogens is 354 g/mol. The van der Waals surface area contributed by atoms with Crippen LogP contribution >= 0.6 is 0 Å². The van der Waals surface area contributed by atoms with Gasteiger partial charge < -0.3 is 10.1 Å². The van der Waals surface area contributed by atoms with Crippen molar-refractivity contribution in [1.82, 2.24) is 5.43 Å². The Morgan fingerprint density at radius 1 is 1.00 bits per heavy atom. The highest BCUT2D eigenvalue weighted by atomic mass is 16.5. The number of benzene rings is 2. The van der Waals surface area contributed by atoms with Gasteiger partial charge in [-0.15, -0.1) is 0 Å². The molecule has 0 radical (unpaired) electrons. The van der Waals surface area contributed by atoms with E-state index in [9.17, 15) is 9.59 Å². The number of hydrazone groups is 1. The number of nitrogens with one attached hydrogen (secondary N) is 2. The van der Waals surface area contributed by atoms with Gasteiger partial charge in [0.15, 0.2) is 0 Å². The molecule has 2 N–H and O–H groups in total. The second-order valence-corrected chi connectivity index (χ2v) is 6.04. The number of carbonyl (C=O) groups excluding carboxylic acids is 2. The average Bonchev–Trinajstić information content (AvgIpc) is 2.71. The molecule has 0 atom stereocenters. The summed E-state index contributed by atoms with van der Waals surface area (Å²) in [6.45, 7) is 4.29. The van der Waals surface area contributed by atoms with Gasteiger partial charge in [-0.2, -0.15) is 5.10 Å². The summed E-state index contributed by atoms with van der Waals surface area (Å²) in [5.41, 5.74) is 4.83. The van der Waals surface area contributed by atoms with Crippen LogP contribution in [0.5, 0.6) is 5.75 Å². The van der Waals surface area contributed by atoms with Gasteiger partial charge >= 0.3 is 0 Å². The van der Waals surface area contributed by atoms with Crippen LogP contribution in [-0.4, -0.2) is 24.1 Å². The molecule has 2 aromatic carbocycles. The lowest BCUT2D eigenvalue weighted by Crippen LogP contribution is -2.21. The van der Waals surface area contributed by atoms with E-state index < -0.39 is 0 Å². The molecule has 6 nitrogen and oxygen atoms in total. The minimum Gasteiger partial charge on any atom is -0.494 e. The van der Waals surface area contributed by atoms with E-state index in [0.717, 1.165) is 11.3 Å². The van der Waals surface area contributed by atoms with Gasteiger partial charge in [-0.3, -0.25) is 9.59 Å². The van der Waals surface area contributed by atoms with E-state index in [1.807, 2.05) is 49.4 Å². The first-order valence-electron chi connectivity index (χ1n) is 9.16. The second kappa shape index (κ2) is 11.3. The van der Waals surface area contributed by atoms with Crippen molar-refractivity contribution in [1.29, 1.82) is 0 Å². The van der Waals surface area contributed by atoms with Crippen LogP contribution in [0.4, 0.5) is 5.69 Å². The number of ether oxygens (including phenoxy) is 1. The van der Waals surface area contributed by atoms with Crippen molar-refractivity contribution >= 4 is 29.3 Å². The van der Waals surface area contributed by atoms with Crippen molar-refractivity contribution < 1.29 is 14.3 Å². The molecule has 146 valence electrons. The molecule has 0 spiro atoms. The van der Waals surface area contributed by atoms with Crippen LogP contribution in [0.25, 0.3) is 6.08 Å². The number of anilines is 1. The van der Waals surface area contributed by atoms with Crippen molar-refractivity contribution in [2.75, 3.05) is 11.9 Å². The van der Waals surface area contributed by atoms with Crippen LogP contribution in [0.2, 0.25) is 0 Å². The van der Waals surface area contributed by atoms with E-state index in [4.69, 9.17) is 4.74 Å². The second-order valence-electron chi connectivity index (χ2n) is 6.04. The highest BCUT2D eigenvalue weighted by Crippen LogP contribution is 2.15. The SMILES string of the molecule is CCOc1ccc(NC(=O)CCC(=O)NN=C(C)C=Cc2ccccc2)cc1. The Balaban J connectivity index is 1.72. The zero-order chi connectivity index (χ0) is 20.2. The molecule has 6 heteroatoms. The number of carbonyl (C=O) groups is 2. The summed E-state index contributed by atoms with van der Waals surface area (Å²) in [6.07, 6.45) is 3.86. The van der Waals surface area contributed by atoms with Gasteiger partial charge in [0.05, 0.1) is 12.3 Å². The lowest BCUT2D eigenvalue weighted by molar-refractivity contribution is -0.124. The number of hydrogen-bond acceptors (Lipinski definition) is 4. The Labute approximate surface area is 165 Å². The first-order valence-corrected chi connectivity index (χ1v) is 9.16. The molecule has 0 heterocycles. The van der Waals surface area contributed by atoms with Gasteiger partial charge in [0.25, 0.3) is 0 Å². The van der Waals surface area contributed by atoms with Gasteiger partial charge in [-0.05, 0) is 49.8 Å². The van der Waals surface area contributed by atoms with E-state index in [-0.39, 0.29) is 24.7 Å². The number of allylic oxidation sites excluding steroid dienone is 1. The fourth-order valence-electron chi connectivity index (χ4n) is 2.28. The van der Waals surface area contributed by atoms with Crippen molar-refractivity contribution in [2.24, 2.45) is 5.10 Å². The summed E-state index contributed by atoms with van der Waals surface area (Å²) in [5.74, 6) is 0.202. The summed E-state index contributed by atoms with van der Waals surface area (Å²) in [7, 11) is 0. The maximum atomic E-state index is 12.0. The van der Waals surface area contributed by atoms with Crippen LogP contribution in [0, 0.1) is 0 Å². The fourth-order valence-corrected chi connectivity index (χ4v) is 2.28. The zero-order valence-corrected chi connectivity index (χ0v) is 16.1. The summed E-state index contributed by atoms with van der Waals surface area (Å²) in [5, 5.41) is 6.76. The van der Waals surface area contributed by atoms with E-state index in [0.29, 0.717) is 18.0 Å². The molecule has 0 unspecified atom stereocenters. The summed E-state index contributed by atoms with van der Waals surface area (Å²) in [4.78, 5) is 23.8. The van der Waals surface area contributed by atoms with Crippen molar-refractivity contribution in [3.63, 3.8) is 0 Å². The lowest BCUT2D eigenvalue weighted by atomic mass is 10.2. The molecule has 0 aromatic heterocycles. The number of rotatable bonds is 9. The minimum atomic E-state index is -0.311. The summed E-state index contributed by atoms with van der Waals surface area (Å²) >= 11 is 0. The molecule has 0 aliphatic heterocycles. The van der Waals surface area contributed by atoms with Crippen molar-refractivity contribution in [3.8, 4) is 5.75 Å². The third-order valence-electron chi connectivity index (χ3n) is 3.70. The molecule has 0 saturated heterocycles. The molecule has 2 rings (SSSR count). The maximum Gasteiger partial charge on any atom is 0.240 e. The summed E-state index contributed by atoms with van der Waals surface area (Å²) in [6, 6.07) is 16.9. The van der Waals surface area contributed by atoms with E-state index in [1.165, 1.54) is 0 Å². The lowest BCUT2D eigenvalue weighted by Gasteiger charge is -2.07. The summed E-state index contributed by atoms with van der Waals surface area (Å²) < 4.78 is 5.35. The molecule has 28 heavy (non-hydrogen) atoms. The number of nitrogens with zero attached hydrogens (tertiary/aromatic N) is 1. The average molecular weight is 379 g/mol. The van der Waals surface area contributed by atoms with E-state index in [1.54, 1.807) is 31.2 Å². The molecule has 0 saturated carbocycles.